The van der Waals surface area contributed by atoms with E-state index in [0.717, 1.165) is 44.6 Å². The van der Waals surface area contributed by atoms with Gasteiger partial charge in [-0.05, 0) is 50.7 Å². The number of likely N-dealkylation sites (tertiary alicyclic amines) is 1. The molecule has 1 fully saturated rings. The van der Waals surface area contributed by atoms with E-state index in [2.05, 4.69) is 20.2 Å². The van der Waals surface area contributed by atoms with Crippen LogP contribution in [0.3, 0.4) is 0 Å². The number of hydrogen-bond donors (Lipinski definition) is 1. The van der Waals surface area contributed by atoms with Gasteiger partial charge in [-0.25, -0.2) is 4.98 Å². The molecule has 1 saturated heterocycles. The highest BCUT2D eigenvalue weighted by Gasteiger charge is 2.33. The summed E-state index contributed by atoms with van der Waals surface area (Å²) in [4.78, 5) is 23.2. The number of nitrogens with one attached hydrogen (secondary N) is 1. The summed E-state index contributed by atoms with van der Waals surface area (Å²) in [6, 6.07) is 5.53. The normalized spacial score (nSPS) is 19.1. The fraction of sp³-hybridized carbons (Fsp3) is 0.435. The fourth-order valence-corrected chi connectivity index (χ4v) is 4.55. The van der Waals surface area contributed by atoms with E-state index < -0.39 is 17.8 Å². The molecule has 2 aliphatic rings. The molecule has 1 atom stereocenters. The molecule has 2 aliphatic heterocycles. The molecule has 1 amide bonds. The van der Waals surface area contributed by atoms with Gasteiger partial charge in [0.25, 0.3) is 5.91 Å². The molecule has 11 heteroatoms. The van der Waals surface area contributed by atoms with Crippen LogP contribution in [0, 0.1) is 0 Å². The number of ether oxygens (including phenoxy) is 2. The van der Waals surface area contributed by atoms with Crippen molar-refractivity contribution in [3.05, 3.63) is 41.7 Å². The van der Waals surface area contributed by atoms with Crippen molar-refractivity contribution in [3.8, 4) is 11.5 Å². The Morgan fingerprint density at radius 2 is 2.00 bits per heavy atom. The summed E-state index contributed by atoms with van der Waals surface area (Å²) in [5.74, 6) is 0.723. The molecule has 0 spiro atoms. The number of imidazole rings is 1. The Labute approximate surface area is 193 Å². The Balaban J connectivity index is 1.58. The van der Waals surface area contributed by atoms with Crippen molar-refractivity contribution >= 4 is 22.9 Å². The Bertz CT molecular complexity index is 1230. The fourth-order valence-electron chi connectivity index (χ4n) is 4.55. The number of rotatable bonds is 3. The van der Waals surface area contributed by atoms with Crippen LogP contribution in [0.4, 0.5) is 19.1 Å². The maximum absolute atomic E-state index is 13.1. The first-order chi connectivity index (χ1) is 16.3. The Hall–Kier alpha value is -3.34. The summed E-state index contributed by atoms with van der Waals surface area (Å²) >= 11 is 0. The predicted octanol–water partition coefficient (Wildman–Crippen LogP) is 4.13. The van der Waals surface area contributed by atoms with Gasteiger partial charge in [-0.2, -0.15) is 13.2 Å². The van der Waals surface area contributed by atoms with Crippen molar-refractivity contribution < 1.29 is 27.4 Å². The quantitative estimate of drug-likeness (QED) is 0.614. The van der Waals surface area contributed by atoms with Crippen molar-refractivity contribution in [1.82, 2.24) is 19.4 Å². The number of alkyl halides is 3. The number of pyridine rings is 1. The summed E-state index contributed by atoms with van der Waals surface area (Å²) in [7, 11) is 2.04. The van der Waals surface area contributed by atoms with E-state index in [4.69, 9.17) is 9.47 Å². The molecular formula is C23H24F3N5O3. The van der Waals surface area contributed by atoms with Crippen LogP contribution >= 0.6 is 0 Å². The van der Waals surface area contributed by atoms with Gasteiger partial charge in [0.05, 0.1) is 5.52 Å². The lowest BCUT2D eigenvalue weighted by Gasteiger charge is -2.26. The van der Waals surface area contributed by atoms with Crippen molar-refractivity contribution in [1.29, 1.82) is 0 Å². The third-order valence-electron chi connectivity index (χ3n) is 6.11. The summed E-state index contributed by atoms with van der Waals surface area (Å²) < 4.78 is 52.9. The van der Waals surface area contributed by atoms with Crippen LogP contribution in [-0.4, -0.2) is 58.7 Å². The van der Waals surface area contributed by atoms with Gasteiger partial charge in [0, 0.05) is 24.3 Å². The maximum atomic E-state index is 13.1. The minimum atomic E-state index is -4.65. The topological polar surface area (TPSA) is 81.5 Å². The number of likely N-dealkylation sites (N-methyl/N-ethyl adjacent to an activating group) is 1. The Morgan fingerprint density at radius 1 is 1.18 bits per heavy atom. The highest BCUT2D eigenvalue weighted by atomic mass is 19.4. The highest BCUT2D eigenvalue weighted by Crippen LogP contribution is 2.41. The number of amides is 1. The first-order valence-electron chi connectivity index (χ1n) is 11.1. The number of hydrogen-bond acceptors (Lipinski definition) is 6. The van der Waals surface area contributed by atoms with Gasteiger partial charge in [0.1, 0.15) is 24.4 Å². The van der Waals surface area contributed by atoms with Crippen molar-refractivity contribution in [2.24, 2.45) is 0 Å². The summed E-state index contributed by atoms with van der Waals surface area (Å²) in [6.45, 7) is 2.51. The summed E-state index contributed by atoms with van der Waals surface area (Å²) in [6.07, 6.45) is -0.770. The average molecular weight is 475 g/mol. The molecular weight excluding hydrogens is 451 g/mol. The lowest BCUT2D eigenvalue weighted by Crippen LogP contribution is -2.28. The van der Waals surface area contributed by atoms with Crippen LogP contribution in [0.15, 0.2) is 30.5 Å². The molecule has 2 aromatic heterocycles. The number of benzene rings is 1. The number of fused-ring (bicyclic) bond motifs is 3. The second-order valence-electron chi connectivity index (χ2n) is 8.56. The number of halogens is 3. The molecule has 34 heavy (non-hydrogen) atoms. The maximum Gasteiger partial charge on any atom is 0.433 e. The molecule has 1 aromatic carbocycles. The number of carbonyl (C=O) groups is 1. The van der Waals surface area contributed by atoms with Gasteiger partial charge in [0.2, 0.25) is 5.95 Å². The van der Waals surface area contributed by atoms with Crippen LogP contribution in [0.25, 0.3) is 11.0 Å². The van der Waals surface area contributed by atoms with Gasteiger partial charge in [-0.3, -0.25) is 15.1 Å². The second-order valence-corrected chi connectivity index (χ2v) is 8.56. The minimum absolute atomic E-state index is 0.0204. The van der Waals surface area contributed by atoms with E-state index in [0.29, 0.717) is 35.7 Å². The van der Waals surface area contributed by atoms with E-state index in [1.54, 1.807) is 12.1 Å². The van der Waals surface area contributed by atoms with Crippen molar-refractivity contribution in [2.45, 2.75) is 31.5 Å². The minimum Gasteiger partial charge on any atom is -0.486 e. The molecule has 1 N–H and O–H groups in total. The first-order valence-corrected chi connectivity index (χ1v) is 11.1. The van der Waals surface area contributed by atoms with Crippen LogP contribution in [-0.2, 0) is 6.18 Å². The van der Waals surface area contributed by atoms with Crippen LogP contribution in [0.2, 0.25) is 0 Å². The molecule has 5 rings (SSSR count). The highest BCUT2D eigenvalue weighted by molar-refractivity contribution is 6.04. The summed E-state index contributed by atoms with van der Waals surface area (Å²) in [5.41, 5.74) is 0.0369. The van der Waals surface area contributed by atoms with Gasteiger partial charge in [-0.15, -0.1) is 0 Å². The van der Waals surface area contributed by atoms with Crippen LogP contribution < -0.4 is 14.8 Å². The van der Waals surface area contributed by atoms with E-state index >= 15 is 0 Å². The first kappa shape index (κ1) is 22.5. The molecule has 180 valence electrons. The van der Waals surface area contributed by atoms with E-state index in [1.165, 1.54) is 6.07 Å². The molecule has 0 radical (unpaired) electrons. The zero-order chi connectivity index (χ0) is 23.9. The molecule has 0 aliphatic carbocycles. The van der Waals surface area contributed by atoms with Gasteiger partial charge in [-0.1, -0.05) is 6.42 Å². The van der Waals surface area contributed by atoms with E-state index in [-0.39, 0.29) is 17.6 Å². The third-order valence-corrected chi connectivity index (χ3v) is 6.11. The van der Waals surface area contributed by atoms with Gasteiger partial charge >= 0.3 is 6.18 Å². The SMILES string of the molecule is CN1CCCCC(n2c(NC(=O)c3ccnc(C(F)(F)F)c3)nc3ccc4c(c32)OCCO4)C1. The van der Waals surface area contributed by atoms with Gasteiger partial charge in [0.15, 0.2) is 11.5 Å². The lowest BCUT2D eigenvalue weighted by molar-refractivity contribution is -0.141. The molecule has 0 bridgehead atoms. The summed E-state index contributed by atoms with van der Waals surface area (Å²) in [5, 5.41) is 2.74. The van der Waals surface area contributed by atoms with E-state index in [1.807, 2.05) is 11.6 Å². The molecule has 1 unspecified atom stereocenters. The number of nitrogens with zero attached hydrogens (tertiary/aromatic N) is 4. The van der Waals surface area contributed by atoms with Crippen LogP contribution in [0.5, 0.6) is 11.5 Å². The monoisotopic (exact) mass is 475 g/mol. The average Bonchev–Trinajstić information content (AvgIpc) is 3.05. The number of aromatic nitrogens is 3. The second kappa shape index (κ2) is 8.79. The standard InChI is InChI=1S/C23H24F3N5O3/c1-30-9-3-2-4-15(13-30)31-19-16(5-6-17-20(19)34-11-10-33-17)28-22(31)29-21(32)14-7-8-27-18(12-14)23(24,25)26/h5-8,12,15H,2-4,9-11,13H2,1H3,(H,28,29,32). The number of carbonyl (C=O) groups excluding carboxylic acids is 1. The molecule has 3 aromatic rings. The lowest BCUT2D eigenvalue weighted by atomic mass is 10.1. The molecule has 4 heterocycles. The zero-order valence-electron chi connectivity index (χ0n) is 18.6. The molecule has 0 saturated carbocycles. The Kier molecular flexibility index (Phi) is 5.80. The van der Waals surface area contributed by atoms with Crippen LogP contribution in [0.1, 0.15) is 41.4 Å². The zero-order valence-corrected chi connectivity index (χ0v) is 18.6. The van der Waals surface area contributed by atoms with Gasteiger partial charge < -0.3 is 18.9 Å². The predicted molar refractivity (Wildman–Crippen MR) is 118 cm³/mol. The van der Waals surface area contributed by atoms with Crippen molar-refractivity contribution in [3.63, 3.8) is 0 Å². The number of anilines is 1. The smallest absolute Gasteiger partial charge is 0.433 e. The van der Waals surface area contributed by atoms with Crippen molar-refractivity contribution in [2.75, 3.05) is 38.7 Å². The third kappa shape index (κ3) is 4.27. The largest absolute Gasteiger partial charge is 0.486 e. The Morgan fingerprint density at radius 3 is 2.82 bits per heavy atom. The van der Waals surface area contributed by atoms with E-state index in [9.17, 15) is 18.0 Å². The molecule has 8 nitrogen and oxygen atoms in total.